The molecule has 0 radical (unpaired) electrons. The molecule has 0 amide bonds. The number of rotatable bonds is 2. The number of fused-ring (bicyclic) bond motifs is 2. The number of alkyl halides is 6. The summed E-state index contributed by atoms with van der Waals surface area (Å²) in [5, 5.41) is 5.52. The van der Waals surface area contributed by atoms with Gasteiger partial charge in [0.2, 0.25) is 0 Å². The summed E-state index contributed by atoms with van der Waals surface area (Å²) in [4.78, 5) is 4.71. The Bertz CT molecular complexity index is 1170. The van der Waals surface area contributed by atoms with Crippen LogP contribution in [0.2, 0.25) is 5.02 Å². The van der Waals surface area contributed by atoms with E-state index in [2.05, 4.69) is 10.5 Å². The summed E-state index contributed by atoms with van der Waals surface area (Å²) < 4.78 is 103. The van der Waals surface area contributed by atoms with Gasteiger partial charge >= 0.3 is 12.4 Å². The molecule has 33 heavy (non-hydrogen) atoms. The average molecular weight is 495 g/mol. The van der Waals surface area contributed by atoms with E-state index >= 15 is 0 Å². The highest BCUT2D eigenvalue weighted by Crippen LogP contribution is 2.51. The van der Waals surface area contributed by atoms with Gasteiger partial charge in [-0.15, -0.1) is 0 Å². The van der Waals surface area contributed by atoms with Crippen molar-refractivity contribution in [3.8, 4) is 0 Å². The van der Waals surface area contributed by atoms with Crippen LogP contribution in [0.15, 0.2) is 35.5 Å². The molecule has 1 saturated heterocycles. The van der Waals surface area contributed by atoms with Crippen LogP contribution in [0.25, 0.3) is 0 Å². The largest absolute Gasteiger partial charge is 0.435 e. The fourth-order valence-corrected chi connectivity index (χ4v) is 4.58. The lowest BCUT2D eigenvalue weighted by Gasteiger charge is -2.39. The van der Waals surface area contributed by atoms with E-state index in [0.717, 1.165) is 11.1 Å². The topological polar surface area (TPSA) is 42.8 Å². The van der Waals surface area contributed by atoms with Crippen molar-refractivity contribution in [2.45, 2.75) is 36.6 Å². The minimum Gasteiger partial charge on any atom is -0.374 e. The minimum atomic E-state index is -5.30. The summed E-state index contributed by atoms with van der Waals surface area (Å²) in [5.74, 6) is -1.65. The number of oxime groups is 1. The lowest BCUT2D eigenvalue weighted by atomic mass is 9.83. The first-order valence-electron chi connectivity index (χ1n) is 9.73. The lowest BCUT2D eigenvalue weighted by Crippen LogP contribution is -2.56. The molecule has 5 rings (SSSR count). The number of halogens is 8. The summed E-state index contributed by atoms with van der Waals surface area (Å²) in [5.41, 5.74) is -5.09. The quantitative estimate of drug-likeness (QED) is 0.568. The van der Waals surface area contributed by atoms with Crippen molar-refractivity contribution < 1.29 is 40.3 Å². The van der Waals surface area contributed by atoms with Crippen LogP contribution in [0.4, 0.5) is 30.7 Å². The van der Waals surface area contributed by atoms with E-state index < -0.39 is 51.9 Å². The highest BCUT2D eigenvalue weighted by Gasteiger charge is 2.64. The molecule has 0 saturated carbocycles. The molecule has 2 aromatic rings. The van der Waals surface area contributed by atoms with Crippen LogP contribution < -0.4 is 5.32 Å². The normalized spacial score (nSPS) is 23.8. The number of benzene rings is 2. The average Bonchev–Trinajstić information content (AvgIpc) is 3.31. The molecule has 12 heteroatoms. The first kappa shape index (κ1) is 22.4. The summed E-state index contributed by atoms with van der Waals surface area (Å²) in [6.07, 6.45) is -11.4. The SMILES string of the molecule is Fc1c(Cl)cc(C(F)(F)F)cc1C1(C(F)(F)F)CC(c2ccc3c(c2)COC32CNC2)=NO1. The fourth-order valence-electron chi connectivity index (χ4n) is 4.36. The van der Waals surface area contributed by atoms with Crippen molar-refractivity contribution in [1.82, 2.24) is 5.32 Å². The molecule has 0 aliphatic carbocycles. The van der Waals surface area contributed by atoms with Gasteiger partial charge in [0.15, 0.2) is 0 Å². The molecule has 1 atom stereocenters. The molecule has 2 aromatic carbocycles. The molecule has 3 aliphatic heterocycles. The predicted octanol–water partition coefficient (Wildman–Crippen LogP) is 5.41. The standard InChI is InChI=1S/C21H14ClF7N2O2/c22-15-5-12(20(24,25)26)4-14(17(15)23)19(21(27,28)29)6-16(31-33-19)10-1-2-13-11(3-10)7-32-18(13)8-30-9-18/h1-5,30H,6-9H2. The van der Waals surface area contributed by atoms with Gasteiger partial charge in [0, 0.05) is 18.7 Å². The third-order valence-corrected chi connectivity index (χ3v) is 6.51. The Kier molecular flexibility index (Phi) is 4.80. The fraction of sp³-hybridized carbons (Fsp3) is 0.381. The Balaban J connectivity index is 1.54. The summed E-state index contributed by atoms with van der Waals surface area (Å²) in [6.45, 7) is 1.47. The Morgan fingerprint density at radius 3 is 2.33 bits per heavy atom. The smallest absolute Gasteiger partial charge is 0.374 e. The second kappa shape index (κ2) is 7.07. The third-order valence-electron chi connectivity index (χ3n) is 6.23. The van der Waals surface area contributed by atoms with Crippen LogP contribution in [-0.2, 0) is 33.6 Å². The molecule has 1 spiro atoms. The van der Waals surface area contributed by atoms with Crippen molar-refractivity contribution in [2.24, 2.45) is 5.16 Å². The molecular formula is C21H14ClF7N2O2. The van der Waals surface area contributed by atoms with Gasteiger partial charge in [-0.1, -0.05) is 28.9 Å². The van der Waals surface area contributed by atoms with Gasteiger partial charge in [0.25, 0.3) is 5.60 Å². The van der Waals surface area contributed by atoms with Crippen LogP contribution in [-0.4, -0.2) is 25.0 Å². The highest BCUT2D eigenvalue weighted by atomic mass is 35.5. The number of hydrogen-bond donors (Lipinski definition) is 1. The van der Waals surface area contributed by atoms with E-state index in [1.165, 1.54) is 6.07 Å². The molecule has 0 aromatic heterocycles. The van der Waals surface area contributed by atoms with Gasteiger partial charge in [-0.3, -0.25) is 0 Å². The molecule has 0 bridgehead atoms. The van der Waals surface area contributed by atoms with Crippen LogP contribution in [0.5, 0.6) is 0 Å². The van der Waals surface area contributed by atoms with Gasteiger partial charge in [-0.2, -0.15) is 26.3 Å². The van der Waals surface area contributed by atoms with Gasteiger partial charge in [-0.25, -0.2) is 4.39 Å². The molecular weight excluding hydrogens is 481 g/mol. The lowest BCUT2D eigenvalue weighted by molar-refractivity contribution is -0.276. The number of nitrogens with one attached hydrogen (secondary N) is 1. The van der Waals surface area contributed by atoms with E-state index in [1.54, 1.807) is 12.1 Å². The third kappa shape index (κ3) is 3.31. The molecule has 4 nitrogen and oxygen atoms in total. The maximum Gasteiger partial charge on any atom is 0.435 e. The number of nitrogens with zero attached hydrogens (tertiary/aromatic N) is 1. The zero-order valence-corrected chi connectivity index (χ0v) is 17.3. The predicted molar refractivity (Wildman–Crippen MR) is 102 cm³/mol. The summed E-state index contributed by atoms with van der Waals surface area (Å²) >= 11 is 5.52. The van der Waals surface area contributed by atoms with Gasteiger partial charge in [-0.05, 0) is 34.9 Å². The number of ether oxygens (including phenoxy) is 1. The second-order valence-corrected chi connectivity index (χ2v) is 8.61. The van der Waals surface area contributed by atoms with Gasteiger partial charge in [0.05, 0.1) is 29.3 Å². The van der Waals surface area contributed by atoms with Crippen molar-refractivity contribution in [1.29, 1.82) is 0 Å². The first-order valence-corrected chi connectivity index (χ1v) is 10.1. The summed E-state index contributed by atoms with van der Waals surface area (Å²) in [7, 11) is 0. The molecule has 3 aliphatic rings. The van der Waals surface area contributed by atoms with Crippen LogP contribution in [0.1, 0.15) is 34.2 Å². The minimum absolute atomic E-state index is 0.0665. The van der Waals surface area contributed by atoms with Crippen molar-refractivity contribution in [3.05, 3.63) is 69.0 Å². The van der Waals surface area contributed by atoms with Gasteiger partial charge in [0.1, 0.15) is 11.4 Å². The van der Waals surface area contributed by atoms with Crippen molar-refractivity contribution >= 4 is 17.3 Å². The van der Waals surface area contributed by atoms with Gasteiger partial charge < -0.3 is 14.9 Å². The van der Waals surface area contributed by atoms with E-state index in [1.807, 2.05) is 0 Å². The Labute approximate surface area is 187 Å². The monoisotopic (exact) mass is 494 g/mol. The molecule has 176 valence electrons. The first-order chi connectivity index (χ1) is 15.4. The van der Waals surface area contributed by atoms with E-state index in [0.29, 0.717) is 13.1 Å². The summed E-state index contributed by atoms with van der Waals surface area (Å²) in [6, 6.07) is 5.16. The zero-order chi connectivity index (χ0) is 23.8. The van der Waals surface area contributed by atoms with E-state index in [9.17, 15) is 30.7 Å². The van der Waals surface area contributed by atoms with Crippen molar-refractivity contribution in [3.63, 3.8) is 0 Å². The highest BCUT2D eigenvalue weighted by molar-refractivity contribution is 6.30. The Morgan fingerprint density at radius 2 is 1.73 bits per heavy atom. The Morgan fingerprint density at radius 1 is 1.00 bits per heavy atom. The second-order valence-electron chi connectivity index (χ2n) is 8.21. The molecule has 1 fully saturated rings. The molecule has 3 heterocycles. The molecule has 1 N–H and O–H groups in total. The molecule has 1 unspecified atom stereocenters. The van der Waals surface area contributed by atoms with Crippen molar-refractivity contribution in [2.75, 3.05) is 13.1 Å². The van der Waals surface area contributed by atoms with E-state index in [4.69, 9.17) is 21.2 Å². The zero-order valence-electron chi connectivity index (χ0n) is 16.5. The van der Waals surface area contributed by atoms with Crippen LogP contribution >= 0.6 is 11.6 Å². The van der Waals surface area contributed by atoms with Crippen LogP contribution in [0, 0.1) is 5.82 Å². The Hall–Kier alpha value is -2.37. The maximum atomic E-state index is 14.7. The van der Waals surface area contributed by atoms with E-state index in [-0.39, 0.29) is 30.0 Å². The number of hydrogen-bond acceptors (Lipinski definition) is 4. The van der Waals surface area contributed by atoms with Crippen LogP contribution in [0.3, 0.4) is 0 Å². The maximum absolute atomic E-state index is 14.7.